The molecule has 0 atom stereocenters. The number of hydrogen-bond acceptors (Lipinski definition) is 8. The van der Waals surface area contributed by atoms with Crippen molar-refractivity contribution in [3.8, 4) is 12.3 Å². The number of benzene rings is 1. The number of fused-ring (bicyclic) bond motifs is 1. The van der Waals surface area contributed by atoms with Gasteiger partial charge in [0, 0.05) is 59.0 Å². The Hall–Kier alpha value is -3.80. The van der Waals surface area contributed by atoms with Crippen LogP contribution >= 0.6 is 0 Å². The van der Waals surface area contributed by atoms with Crippen LogP contribution in [0.2, 0.25) is 0 Å². The van der Waals surface area contributed by atoms with Crippen molar-refractivity contribution in [1.82, 2.24) is 19.9 Å². The van der Waals surface area contributed by atoms with Gasteiger partial charge in [-0.05, 0) is 48.8 Å². The molecule has 0 radical (unpaired) electrons. The minimum Gasteiger partial charge on any atom is -0.380 e. The molecule has 1 fully saturated rings. The van der Waals surface area contributed by atoms with Gasteiger partial charge in [0.2, 0.25) is 11.9 Å². The summed E-state index contributed by atoms with van der Waals surface area (Å²) in [4.78, 5) is 26.0. The SMILES string of the molecule is C#CC.CC/C=C\C=N/CN1CCN(c2nc(CC3=CCC=c4ccccc4=C3)nc(N(C)CCOCC)n2)CC1. The van der Waals surface area contributed by atoms with Crippen LogP contribution in [0.4, 0.5) is 11.9 Å². The van der Waals surface area contributed by atoms with Crippen molar-refractivity contribution in [3.05, 3.63) is 64.3 Å². The molecular weight excluding hydrogens is 510 g/mol. The van der Waals surface area contributed by atoms with Crippen LogP contribution in [-0.2, 0) is 11.2 Å². The molecule has 2 aromatic rings. The van der Waals surface area contributed by atoms with E-state index in [-0.39, 0.29) is 0 Å². The molecule has 0 unspecified atom stereocenters. The normalized spacial score (nSPS) is 15.2. The van der Waals surface area contributed by atoms with Crippen molar-refractivity contribution in [2.45, 2.75) is 40.0 Å². The lowest BCUT2D eigenvalue weighted by molar-refractivity contribution is 0.154. The summed E-state index contributed by atoms with van der Waals surface area (Å²) in [5.74, 6) is 4.49. The lowest BCUT2D eigenvalue weighted by Gasteiger charge is -2.34. The first-order chi connectivity index (χ1) is 20.1. The van der Waals surface area contributed by atoms with Crippen molar-refractivity contribution >= 4 is 30.3 Å². The van der Waals surface area contributed by atoms with E-state index in [9.17, 15) is 0 Å². The van der Waals surface area contributed by atoms with E-state index >= 15 is 0 Å². The monoisotopic (exact) mass is 555 g/mol. The zero-order valence-electron chi connectivity index (χ0n) is 25.2. The number of piperazine rings is 1. The number of aliphatic imine (C=N–C) groups is 1. The second-order valence-corrected chi connectivity index (χ2v) is 9.84. The molecule has 0 amide bonds. The number of rotatable bonds is 12. The predicted octanol–water partition coefficient (Wildman–Crippen LogP) is 3.23. The molecule has 2 heterocycles. The molecule has 41 heavy (non-hydrogen) atoms. The lowest BCUT2D eigenvalue weighted by Crippen LogP contribution is -2.47. The number of anilines is 2. The second kappa shape index (κ2) is 17.8. The molecule has 1 aliphatic carbocycles. The minimum absolute atomic E-state index is 0.640. The van der Waals surface area contributed by atoms with E-state index in [0.29, 0.717) is 25.6 Å². The van der Waals surface area contributed by atoms with E-state index in [2.05, 4.69) is 87.5 Å². The molecule has 1 aromatic carbocycles. The van der Waals surface area contributed by atoms with Crippen LogP contribution < -0.4 is 20.2 Å². The Kier molecular flexibility index (Phi) is 13.8. The standard InChI is InChI=1S/C30H41N7O.C3H4/c1-4-6-9-15-31-24-36-16-18-37(19-17-36)30-33-28(32-29(34-30)35(3)20-21-38-5-2)23-25-11-10-14-26-12-7-8-13-27(26)22-25;1-3-2/h6-9,11-15,22H,4-5,10,16-21,23-24H2,1-3H3;1H,2H3/b9-6-,31-15-;. The van der Waals surface area contributed by atoms with Gasteiger partial charge in [0.05, 0.1) is 13.3 Å². The first-order valence-corrected chi connectivity index (χ1v) is 14.6. The highest BCUT2D eigenvalue weighted by molar-refractivity contribution is 5.70. The van der Waals surface area contributed by atoms with Crippen molar-refractivity contribution in [1.29, 1.82) is 0 Å². The number of terminal acetylenes is 1. The Morgan fingerprint density at radius 1 is 1.07 bits per heavy atom. The summed E-state index contributed by atoms with van der Waals surface area (Å²) in [7, 11) is 2.02. The number of ether oxygens (including phenoxy) is 1. The molecule has 218 valence electrons. The Morgan fingerprint density at radius 2 is 1.83 bits per heavy atom. The van der Waals surface area contributed by atoms with Crippen LogP contribution in [0.5, 0.6) is 0 Å². The van der Waals surface area contributed by atoms with Gasteiger partial charge >= 0.3 is 0 Å². The van der Waals surface area contributed by atoms with Crippen LogP contribution in [0.3, 0.4) is 0 Å². The summed E-state index contributed by atoms with van der Waals surface area (Å²) in [5.41, 5.74) is 1.23. The molecule has 0 saturated carbocycles. The third kappa shape index (κ3) is 10.6. The van der Waals surface area contributed by atoms with Gasteiger partial charge in [0.25, 0.3) is 0 Å². The van der Waals surface area contributed by atoms with Crippen molar-refractivity contribution in [2.75, 3.05) is 69.5 Å². The van der Waals surface area contributed by atoms with Crippen LogP contribution in [0.1, 0.15) is 39.4 Å². The second-order valence-electron chi connectivity index (χ2n) is 9.84. The van der Waals surface area contributed by atoms with Gasteiger partial charge in [-0.15, -0.1) is 12.3 Å². The largest absolute Gasteiger partial charge is 0.380 e. The smallest absolute Gasteiger partial charge is 0.230 e. The van der Waals surface area contributed by atoms with E-state index in [1.807, 2.05) is 26.3 Å². The zero-order chi connectivity index (χ0) is 29.3. The number of aromatic nitrogens is 3. The fraction of sp³-hybridized carbons (Fsp3) is 0.455. The molecule has 0 N–H and O–H groups in total. The van der Waals surface area contributed by atoms with Crippen LogP contribution in [0, 0.1) is 12.3 Å². The fourth-order valence-electron chi connectivity index (χ4n) is 4.47. The summed E-state index contributed by atoms with van der Waals surface area (Å²) < 4.78 is 5.57. The highest BCUT2D eigenvalue weighted by Crippen LogP contribution is 2.18. The van der Waals surface area contributed by atoms with E-state index in [1.54, 1.807) is 6.92 Å². The Bertz CT molecular complexity index is 1330. The van der Waals surface area contributed by atoms with Gasteiger partial charge in [0.1, 0.15) is 5.82 Å². The summed E-state index contributed by atoms with van der Waals surface area (Å²) in [6.45, 7) is 12.2. The summed E-state index contributed by atoms with van der Waals surface area (Å²) in [6, 6.07) is 8.51. The summed E-state index contributed by atoms with van der Waals surface area (Å²) in [5, 5.41) is 2.51. The highest BCUT2D eigenvalue weighted by atomic mass is 16.5. The molecule has 8 heteroatoms. The van der Waals surface area contributed by atoms with Gasteiger partial charge in [-0.25, -0.2) is 0 Å². The van der Waals surface area contributed by atoms with Crippen LogP contribution in [0.15, 0.2) is 53.1 Å². The van der Waals surface area contributed by atoms with Crippen LogP contribution in [0.25, 0.3) is 12.2 Å². The maximum atomic E-state index is 5.57. The first-order valence-electron chi connectivity index (χ1n) is 14.6. The number of hydrogen-bond donors (Lipinski definition) is 0. The van der Waals surface area contributed by atoms with E-state index < -0.39 is 0 Å². The average Bonchev–Trinajstić information content (AvgIpc) is 3.19. The fourth-order valence-corrected chi connectivity index (χ4v) is 4.47. The molecule has 1 saturated heterocycles. The molecule has 4 rings (SSSR count). The Labute approximate surface area is 245 Å². The number of allylic oxidation sites excluding steroid dienone is 4. The quantitative estimate of drug-likeness (QED) is 0.226. The Balaban J connectivity index is 0.00000147. The van der Waals surface area contributed by atoms with Crippen molar-refractivity contribution in [3.63, 3.8) is 0 Å². The molecule has 2 aliphatic rings. The summed E-state index contributed by atoms with van der Waals surface area (Å²) in [6.07, 6.45) is 20.0. The maximum absolute atomic E-state index is 5.57. The number of nitrogens with zero attached hydrogens (tertiary/aromatic N) is 7. The van der Waals surface area contributed by atoms with E-state index in [0.717, 1.165) is 64.0 Å². The van der Waals surface area contributed by atoms with Crippen LogP contribution in [-0.4, -0.2) is 85.7 Å². The molecule has 1 aromatic heterocycles. The first kappa shape index (κ1) is 31.7. The number of likely N-dealkylation sites (N-methyl/N-ethyl adjacent to an activating group) is 1. The summed E-state index contributed by atoms with van der Waals surface area (Å²) >= 11 is 0. The minimum atomic E-state index is 0.640. The highest BCUT2D eigenvalue weighted by Gasteiger charge is 2.21. The van der Waals surface area contributed by atoms with Crippen molar-refractivity contribution < 1.29 is 4.74 Å². The average molecular weight is 556 g/mol. The zero-order valence-corrected chi connectivity index (χ0v) is 25.2. The maximum Gasteiger partial charge on any atom is 0.230 e. The third-order valence-corrected chi connectivity index (χ3v) is 6.69. The molecule has 0 spiro atoms. The van der Waals surface area contributed by atoms with Gasteiger partial charge in [0.15, 0.2) is 0 Å². The molecule has 8 nitrogen and oxygen atoms in total. The van der Waals surface area contributed by atoms with Crippen molar-refractivity contribution in [2.24, 2.45) is 4.99 Å². The van der Waals surface area contributed by atoms with Gasteiger partial charge < -0.3 is 14.5 Å². The Morgan fingerprint density at radius 3 is 2.56 bits per heavy atom. The lowest BCUT2D eigenvalue weighted by atomic mass is 10.1. The van der Waals surface area contributed by atoms with E-state index in [1.165, 1.54) is 16.0 Å². The van der Waals surface area contributed by atoms with Gasteiger partial charge in [-0.1, -0.05) is 55.5 Å². The topological polar surface area (TPSA) is 70.0 Å². The molecule has 0 bridgehead atoms. The van der Waals surface area contributed by atoms with Gasteiger partial charge in [-0.2, -0.15) is 15.0 Å². The predicted molar refractivity (Wildman–Crippen MR) is 172 cm³/mol. The van der Waals surface area contributed by atoms with Gasteiger partial charge in [-0.3, -0.25) is 9.89 Å². The van der Waals surface area contributed by atoms with E-state index in [4.69, 9.17) is 19.7 Å². The molecule has 1 aliphatic heterocycles. The molecular formula is C33H45N7O. The third-order valence-electron chi connectivity index (χ3n) is 6.69.